The Morgan fingerprint density at radius 2 is 1.60 bits per heavy atom. The highest BCUT2D eigenvalue weighted by atomic mass is 16.1. The van der Waals surface area contributed by atoms with E-state index in [1.54, 1.807) is 6.20 Å². The summed E-state index contributed by atoms with van der Waals surface area (Å²) in [7, 11) is 0. The molecule has 0 fully saturated rings. The smallest absolute Gasteiger partial charge is 0.271 e. The van der Waals surface area contributed by atoms with Crippen LogP contribution < -0.4 is 5.32 Å². The van der Waals surface area contributed by atoms with Crippen molar-refractivity contribution in [1.82, 2.24) is 15.3 Å². The molecule has 1 amide bonds. The lowest BCUT2D eigenvalue weighted by Gasteiger charge is -2.25. The third-order valence-electron chi connectivity index (χ3n) is 4.18. The summed E-state index contributed by atoms with van der Waals surface area (Å²) in [5, 5.41) is 2.97. The molecule has 1 heterocycles. The Balaban J connectivity index is 1.72. The standard InChI is InChI=1S/C21H21N3O/c1-21(2,17-11-7-4-8-12-17)15-23-20(25)19-14-22-13-18(24-19)16-9-5-3-6-10-16/h3-14H,15H2,1-2H3,(H,23,25). The van der Waals surface area contributed by atoms with E-state index in [4.69, 9.17) is 0 Å². The average molecular weight is 331 g/mol. The third kappa shape index (κ3) is 4.10. The van der Waals surface area contributed by atoms with Crippen LogP contribution in [0.2, 0.25) is 0 Å². The van der Waals surface area contributed by atoms with Gasteiger partial charge in [-0.05, 0) is 5.56 Å². The van der Waals surface area contributed by atoms with Crippen LogP contribution in [0.5, 0.6) is 0 Å². The van der Waals surface area contributed by atoms with Gasteiger partial charge >= 0.3 is 0 Å². The van der Waals surface area contributed by atoms with Crippen LogP contribution >= 0.6 is 0 Å². The van der Waals surface area contributed by atoms with E-state index in [1.165, 1.54) is 11.8 Å². The zero-order valence-corrected chi connectivity index (χ0v) is 14.4. The number of rotatable bonds is 5. The van der Waals surface area contributed by atoms with Crippen molar-refractivity contribution in [3.05, 3.63) is 84.3 Å². The third-order valence-corrected chi connectivity index (χ3v) is 4.18. The first-order valence-corrected chi connectivity index (χ1v) is 8.27. The highest BCUT2D eigenvalue weighted by molar-refractivity contribution is 5.92. The molecular weight excluding hydrogens is 310 g/mol. The molecule has 4 heteroatoms. The summed E-state index contributed by atoms with van der Waals surface area (Å²) in [6, 6.07) is 19.9. The summed E-state index contributed by atoms with van der Waals surface area (Å²) in [6.07, 6.45) is 3.16. The maximum atomic E-state index is 12.5. The molecule has 0 atom stereocenters. The molecule has 0 aliphatic rings. The second-order valence-corrected chi connectivity index (χ2v) is 6.59. The van der Waals surface area contributed by atoms with Crippen molar-refractivity contribution < 1.29 is 4.79 Å². The number of amides is 1. The predicted molar refractivity (Wildman–Crippen MR) is 99.3 cm³/mol. The van der Waals surface area contributed by atoms with Gasteiger partial charge in [-0.3, -0.25) is 9.78 Å². The van der Waals surface area contributed by atoms with E-state index in [0.717, 1.165) is 5.56 Å². The molecule has 0 saturated carbocycles. The zero-order valence-electron chi connectivity index (χ0n) is 14.4. The summed E-state index contributed by atoms with van der Waals surface area (Å²) < 4.78 is 0. The minimum atomic E-state index is -0.214. The van der Waals surface area contributed by atoms with Gasteiger partial charge in [0.2, 0.25) is 0 Å². The highest BCUT2D eigenvalue weighted by Crippen LogP contribution is 2.22. The van der Waals surface area contributed by atoms with Crippen LogP contribution in [-0.2, 0) is 5.41 Å². The van der Waals surface area contributed by atoms with Gasteiger partial charge in [-0.1, -0.05) is 74.5 Å². The lowest BCUT2D eigenvalue weighted by atomic mass is 9.84. The van der Waals surface area contributed by atoms with Gasteiger partial charge < -0.3 is 5.32 Å². The summed E-state index contributed by atoms with van der Waals surface area (Å²) in [4.78, 5) is 21.1. The molecule has 0 unspecified atom stereocenters. The quantitative estimate of drug-likeness (QED) is 0.772. The van der Waals surface area contributed by atoms with Crippen LogP contribution in [0.25, 0.3) is 11.3 Å². The lowest BCUT2D eigenvalue weighted by molar-refractivity contribution is 0.0940. The molecule has 1 N–H and O–H groups in total. The largest absolute Gasteiger partial charge is 0.350 e. The van der Waals surface area contributed by atoms with E-state index in [0.29, 0.717) is 17.9 Å². The number of nitrogens with one attached hydrogen (secondary N) is 1. The molecule has 3 rings (SSSR count). The fraction of sp³-hybridized carbons (Fsp3) is 0.190. The van der Waals surface area contributed by atoms with Crippen molar-refractivity contribution in [3.8, 4) is 11.3 Å². The Labute approximate surface area is 148 Å². The van der Waals surface area contributed by atoms with E-state index in [-0.39, 0.29) is 11.3 Å². The molecular formula is C21H21N3O. The molecule has 4 nitrogen and oxygen atoms in total. The van der Waals surface area contributed by atoms with Gasteiger partial charge in [0, 0.05) is 17.5 Å². The zero-order chi connectivity index (χ0) is 17.7. The predicted octanol–water partition coefficient (Wildman–Crippen LogP) is 3.85. The number of hydrogen-bond acceptors (Lipinski definition) is 3. The molecule has 0 aliphatic carbocycles. The molecule has 25 heavy (non-hydrogen) atoms. The maximum absolute atomic E-state index is 12.5. The van der Waals surface area contributed by atoms with Crippen molar-refractivity contribution in [2.45, 2.75) is 19.3 Å². The average Bonchev–Trinajstić information content (AvgIpc) is 2.68. The topological polar surface area (TPSA) is 54.9 Å². The van der Waals surface area contributed by atoms with Gasteiger partial charge in [-0.25, -0.2) is 4.98 Å². The normalized spacial score (nSPS) is 11.1. The second-order valence-electron chi connectivity index (χ2n) is 6.59. The first-order chi connectivity index (χ1) is 12.1. The molecule has 0 spiro atoms. The molecule has 1 aromatic heterocycles. The van der Waals surface area contributed by atoms with Gasteiger partial charge in [0.1, 0.15) is 5.69 Å². The van der Waals surface area contributed by atoms with Crippen LogP contribution in [0, 0.1) is 0 Å². The lowest BCUT2D eigenvalue weighted by Crippen LogP contribution is -2.37. The van der Waals surface area contributed by atoms with Crippen LogP contribution in [0.1, 0.15) is 29.9 Å². The minimum absolute atomic E-state index is 0.165. The van der Waals surface area contributed by atoms with Crippen LogP contribution in [0.3, 0.4) is 0 Å². The maximum Gasteiger partial charge on any atom is 0.271 e. The molecule has 0 bridgehead atoms. The second kappa shape index (κ2) is 7.26. The van der Waals surface area contributed by atoms with Gasteiger partial charge in [0.05, 0.1) is 18.1 Å². The van der Waals surface area contributed by atoms with Crippen LogP contribution in [0.4, 0.5) is 0 Å². The molecule has 126 valence electrons. The minimum Gasteiger partial charge on any atom is -0.350 e. The molecule has 0 saturated heterocycles. The van der Waals surface area contributed by atoms with Crippen molar-refractivity contribution >= 4 is 5.91 Å². The Morgan fingerprint density at radius 3 is 2.28 bits per heavy atom. The fourth-order valence-corrected chi connectivity index (χ4v) is 2.61. The fourth-order valence-electron chi connectivity index (χ4n) is 2.61. The first-order valence-electron chi connectivity index (χ1n) is 8.27. The van der Waals surface area contributed by atoms with E-state index >= 15 is 0 Å². The monoisotopic (exact) mass is 331 g/mol. The Kier molecular flexibility index (Phi) is 4.89. The summed E-state index contributed by atoms with van der Waals surface area (Å²) in [6.45, 7) is 4.73. The van der Waals surface area contributed by atoms with E-state index < -0.39 is 0 Å². The number of benzene rings is 2. The molecule has 0 radical (unpaired) electrons. The first kappa shape index (κ1) is 16.8. The SMILES string of the molecule is CC(C)(CNC(=O)c1cncc(-c2ccccc2)n1)c1ccccc1. The summed E-state index contributed by atoms with van der Waals surface area (Å²) >= 11 is 0. The molecule has 2 aromatic carbocycles. The number of hydrogen-bond donors (Lipinski definition) is 1. The van der Waals surface area contributed by atoms with Crippen molar-refractivity contribution in [3.63, 3.8) is 0 Å². The Hall–Kier alpha value is -3.01. The number of aromatic nitrogens is 2. The summed E-state index contributed by atoms with van der Waals surface area (Å²) in [5.74, 6) is -0.214. The number of carbonyl (C=O) groups is 1. The van der Waals surface area contributed by atoms with E-state index in [1.807, 2.05) is 48.5 Å². The highest BCUT2D eigenvalue weighted by Gasteiger charge is 2.22. The van der Waals surface area contributed by atoms with Crippen LogP contribution in [0.15, 0.2) is 73.1 Å². The number of nitrogens with zero attached hydrogens (tertiary/aromatic N) is 2. The van der Waals surface area contributed by atoms with Gasteiger partial charge in [-0.2, -0.15) is 0 Å². The van der Waals surface area contributed by atoms with Gasteiger partial charge in [0.15, 0.2) is 0 Å². The number of carbonyl (C=O) groups excluding carboxylic acids is 1. The molecule has 0 aliphatic heterocycles. The van der Waals surface area contributed by atoms with Crippen molar-refractivity contribution in [2.24, 2.45) is 0 Å². The Bertz CT molecular complexity index is 845. The summed E-state index contributed by atoms with van der Waals surface area (Å²) in [5.41, 5.74) is 2.97. The Morgan fingerprint density at radius 1 is 0.960 bits per heavy atom. The van der Waals surface area contributed by atoms with Gasteiger partial charge in [0.25, 0.3) is 5.91 Å². The molecule has 3 aromatic rings. The van der Waals surface area contributed by atoms with E-state index in [2.05, 4.69) is 41.3 Å². The van der Waals surface area contributed by atoms with Crippen LogP contribution in [-0.4, -0.2) is 22.4 Å². The van der Waals surface area contributed by atoms with Crippen molar-refractivity contribution in [2.75, 3.05) is 6.54 Å². The van der Waals surface area contributed by atoms with Gasteiger partial charge in [-0.15, -0.1) is 0 Å². The van der Waals surface area contributed by atoms with E-state index in [9.17, 15) is 4.79 Å². The van der Waals surface area contributed by atoms with Crippen molar-refractivity contribution in [1.29, 1.82) is 0 Å².